The van der Waals surface area contributed by atoms with Gasteiger partial charge in [-0.1, -0.05) is 35.9 Å². The van der Waals surface area contributed by atoms with E-state index in [4.69, 9.17) is 17.3 Å². The fourth-order valence-corrected chi connectivity index (χ4v) is 4.36. The zero-order valence-electron chi connectivity index (χ0n) is 15.5. The molecule has 0 aliphatic carbocycles. The van der Waals surface area contributed by atoms with E-state index in [1.165, 1.54) is 6.07 Å². The number of benzene rings is 2. The molecule has 3 aromatic rings. The zero-order chi connectivity index (χ0) is 21.4. The number of thioether (sulfide) groups is 1. The van der Waals surface area contributed by atoms with Crippen LogP contribution in [0.1, 0.15) is 11.1 Å². The third kappa shape index (κ3) is 3.71. The molecule has 30 heavy (non-hydrogen) atoms. The molecule has 1 aromatic heterocycles. The Balaban J connectivity index is 1.75. The van der Waals surface area contributed by atoms with E-state index >= 15 is 0 Å². The van der Waals surface area contributed by atoms with Gasteiger partial charge >= 0.3 is 0 Å². The molecule has 1 saturated heterocycles. The van der Waals surface area contributed by atoms with E-state index in [0.717, 1.165) is 27.6 Å². The van der Waals surface area contributed by atoms with Crippen molar-refractivity contribution in [3.8, 4) is 0 Å². The maximum atomic E-state index is 14.3. The molecular formula is C21H15ClFN3O3S. The van der Waals surface area contributed by atoms with Crippen LogP contribution in [0, 0.1) is 5.82 Å². The van der Waals surface area contributed by atoms with Crippen molar-refractivity contribution in [1.82, 2.24) is 9.47 Å². The molecule has 2 N–H and O–H groups in total. The van der Waals surface area contributed by atoms with Crippen LogP contribution in [0.4, 0.5) is 9.18 Å². The normalized spacial score (nSPS) is 15.5. The highest BCUT2D eigenvalue weighted by molar-refractivity contribution is 8.18. The molecule has 0 saturated carbocycles. The molecule has 0 atom stereocenters. The highest BCUT2D eigenvalue weighted by Crippen LogP contribution is 2.34. The van der Waals surface area contributed by atoms with E-state index in [0.29, 0.717) is 16.1 Å². The van der Waals surface area contributed by atoms with Crippen LogP contribution in [0.5, 0.6) is 0 Å². The van der Waals surface area contributed by atoms with Crippen LogP contribution in [0.15, 0.2) is 53.6 Å². The molecule has 0 unspecified atom stereocenters. The first-order valence-electron chi connectivity index (χ1n) is 8.89. The number of fused-ring (bicyclic) bond motifs is 1. The lowest BCUT2D eigenvalue weighted by Gasteiger charge is -2.08. The summed E-state index contributed by atoms with van der Waals surface area (Å²) < 4.78 is 16.1. The van der Waals surface area contributed by atoms with Crippen LogP contribution >= 0.6 is 23.4 Å². The highest BCUT2D eigenvalue weighted by atomic mass is 35.5. The number of carbonyl (C=O) groups is 3. The van der Waals surface area contributed by atoms with Crippen LogP contribution in [-0.2, 0) is 16.1 Å². The molecule has 1 fully saturated rings. The monoisotopic (exact) mass is 443 g/mol. The molecule has 2 aromatic carbocycles. The number of primary amides is 1. The summed E-state index contributed by atoms with van der Waals surface area (Å²) in [6.07, 6.45) is 3.36. The minimum Gasteiger partial charge on any atom is -0.368 e. The van der Waals surface area contributed by atoms with E-state index in [2.05, 4.69) is 0 Å². The Hall–Kier alpha value is -3.10. The van der Waals surface area contributed by atoms with Crippen LogP contribution in [-0.4, -0.2) is 33.1 Å². The second-order valence-corrected chi connectivity index (χ2v) is 8.06. The number of carbonyl (C=O) groups excluding carboxylic acids is 3. The number of hydrogen-bond donors (Lipinski definition) is 1. The second-order valence-electron chi connectivity index (χ2n) is 6.66. The van der Waals surface area contributed by atoms with E-state index < -0.39 is 29.4 Å². The number of amides is 3. The van der Waals surface area contributed by atoms with Gasteiger partial charge in [0.2, 0.25) is 5.91 Å². The SMILES string of the molecule is NC(=O)CN1C(=O)S/C(=C\c2cn(Cc3c(F)cccc3Cl)c3ccccc23)C1=O. The van der Waals surface area contributed by atoms with Crippen LogP contribution < -0.4 is 5.73 Å². The predicted octanol–water partition coefficient (Wildman–Crippen LogP) is 4.00. The Morgan fingerprint density at radius 2 is 1.93 bits per heavy atom. The van der Waals surface area contributed by atoms with Gasteiger partial charge in [-0.3, -0.25) is 19.3 Å². The van der Waals surface area contributed by atoms with Crippen LogP contribution in [0.25, 0.3) is 17.0 Å². The molecule has 4 rings (SSSR count). The standard InChI is InChI=1S/C21H15ClFN3O3S/c22-15-5-3-6-16(23)14(15)10-25-9-12(13-4-1-2-7-17(13)25)8-18-20(28)26(11-19(24)27)21(29)30-18/h1-9H,10-11H2,(H2,24,27)/b18-8-. The first kappa shape index (κ1) is 20.2. The zero-order valence-corrected chi connectivity index (χ0v) is 17.0. The molecular weight excluding hydrogens is 429 g/mol. The van der Waals surface area contributed by atoms with Gasteiger partial charge in [-0.25, -0.2) is 4.39 Å². The molecule has 1 aliphatic rings. The molecule has 0 spiro atoms. The van der Waals surface area contributed by atoms with E-state index in [1.54, 1.807) is 24.4 Å². The van der Waals surface area contributed by atoms with Gasteiger partial charge < -0.3 is 10.3 Å². The summed E-state index contributed by atoms with van der Waals surface area (Å²) in [6.45, 7) is -0.265. The third-order valence-corrected chi connectivity index (χ3v) is 5.95. The Morgan fingerprint density at radius 3 is 2.67 bits per heavy atom. The number of rotatable bonds is 5. The van der Waals surface area contributed by atoms with E-state index in [1.807, 2.05) is 28.8 Å². The number of hydrogen-bond acceptors (Lipinski definition) is 4. The number of nitrogens with two attached hydrogens (primary N) is 1. The van der Waals surface area contributed by atoms with E-state index in [-0.39, 0.29) is 11.4 Å². The van der Waals surface area contributed by atoms with Gasteiger partial charge in [0.05, 0.1) is 11.4 Å². The number of halogens is 2. The van der Waals surface area contributed by atoms with Gasteiger partial charge in [0.25, 0.3) is 11.1 Å². The Kier molecular flexibility index (Phi) is 5.36. The van der Waals surface area contributed by atoms with Crippen molar-refractivity contribution < 1.29 is 18.8 Å². The first-order chi connectivity index (χ1) is 14.3. The fraction of sp³-hybridized carbons (Fsp3) is 0.0952. The quantitative estimate of drug-likeness (QED) is 0.604. The largest absolute Gasteiger partial charge is 0.368 e. The number of aromatic nitrogens is 1. The maximum Gasteiger partial charge on any atom is 0.294 e. The van der Waals surface area contributed by atoms with Crippen molar-refractivity contribution in [2.24, 2.45) is 5.73 Å². The fourth-order valence-electron chi connectivity index (χ4n) is 3.31. The van der Waals surface area contributed by atoms with Gasteiger partial charge in [-0.2, -0.15) is 0 Å². The predicted molar refractivity (Wildman–Crippen MR) is 114 cm³/mol. The minimum atomic E-state index is -0.767. The van der Waals surface area contributed by atoms with Gasteiger partial charge in [-0.15, -0.1) is 0 Å². The smallest absolute Gasteiger partial charge is 0.294 e. The van der Waals surface area contributed by atoms with Crippen molar-refractivity contribution >= 4 is 57.4 Å². The molecule has 2 heterocycles. The third-order valence-electron chi connectivity index (χ3n) is 4.68. The topological polar surface area (TPSA) is 85.4 Å². The molecule has 1 aliphatic heterocycles. The van der Waals surface area contributed by atoms with Gasteiger partial charge in [-0.05, 0) is 36.0 Å². The van der Waals surface area contributed by atoms with Gasteiger partial charge in [0, 0.05) is 33.2 Å². The van der Waals surface area contributed by atoms with Gasteiger partial charge in [0.15, 0.2) is 0 Å². The molecule has 0 radical (unpaired) electrons. The van der Waals surface area contributed by atoms with Crippen molar-refractivity contribution in [2.45, 2.75) is 6.54 Å². The van der Waals surface area contributed by atoms with Crippen molar-refractivity contribution in [3.63, 3.8) is 0 Å². The number of imide groups is 1. The van der Waals surface area contributed by atoms with Crippen molar-refractivity contribution in [2.75, 3.05) is 6.54 Å². The summed E-state index contributed by atoms with van der Waals surface area (Å²) in [5.41, 5.74) is 6.97. The Labute approximate surface area is 180 Å². The molecule has 152 valence electrons. The van der Waals surface area contributed by atoms with E-state index in [9.17, 15) is 18.8 Å². The summed E-state index contributed by atoms with van der Waals surface area (Å²) in [4.78, 5) is 36.7. The summed E-state index contributed by atoms with van der Waals surface area (Å²) in [5, 5.41) is 0.598. The molecule has 3 amide bonds. The van der Waals surface area contributed by atoms with Crippen molar-refractivity contribution in [3.05, 3.63) is 75.5 Å². The second kappa shape index (κ2) is 7.97. The van der Waals surface area contributed by atoms with Crippen LogP contribution in [0.3, 0.4) is 0 Å². The lowest BCUT2D eigenvalue weighted by Crippen LogP contribution is -2.36. The Bertz CT molecular complexity index is 1220. The lowest BCUT2D eigenvalue weighted by atomic mass is 10.1. The minimum absolute atomic E-state index is 0.188. The summed E-state index contributed by atoms with van der Waals surface area (Å²) in [6, 6.07) is 12.0. The molecule has 6 nitrogen and oxygen atoms in total. The Morgan fingerprint density at radius 1 is 1.17 bits per heavy atom. The highest BCUT2D eigenvalue weighted by Gasteiger charge is 2.36. The summed E-state index contributed by atoms with van der Waals surface area (Å²) in [7, 11) is 0. The van der Waals surface area contributed by atoms with Crippen LogP contribution in [0.2, 0.25) is 5.02 Å². The molecule has 9 heteroatoms. The van der Waals surface area contributed by atoms with Gasteiger partial charge in [0.1, 0.15) is 12.4 Å². The summed E-state index contributed by atoms with van der Waals surface area (Å²) in [5.74, 6) is -1.75. The number of para-hydroxylation sites is 1. The number of nitrogens with zero attached hydrogens (tertiary/aromatic N) is 2. The van der Waals surface area contributed by atoms with Crippen molar-refractivity contribution in [1.29, 1.82) is 0 Å². The average molecular weight is 444 g/mol. The molecule has 0 bridgehead atoms. The first-order valence-corrected chi connectivity index (χ1v) is 10.1. The average Bonchev–Trinajstić information content (AvgIpc) is 3.17. The maximum absolute atomic E-state index is 14.3. The summed E-state index contributed by atoms with van der Waals surface area (Å²) >= 11 is 6.92. The lowest BCUT2D eigenvalue weighted by molar-refractivity contribution is -0.127.